The van der Waals surface area contributed by atoms with Crippen molar-refractivity contribution in [2.24, 2.45) is 17.2 Å². The molecule has 0 bridgehead atoms. The first kappa shape index (κ1) is 104. The van der Waals surface area contributed by atoms with Crippen LogP contribution in [0.5, 0.6) is 0 Å². The van der Waals surface area contributed by atoms with Crippen molar-refractivity contribution in [1.29, 1.82) is 10.8 Å². The highest BCUT2D eigenvalue weighted by Crippen LogP contribution is 2.26. The van der Waals surface area contributed by atoms with Crippen LogP contribution in [0.3, 0.4) is 0 Å². The zero-order valence-electron chi connectivity index (χ0n) is 76.3. The SMILES string of the molecule is N=C(N)NCCCC(NC(=O)C(Cc1ccc2ccccc2c1)NC(=O)CN1CCN(CC(=O)O)CCN(CC(=O)O)CCN(CC(=O)O)CC1)C(=O)NC(Cc1c[nH]c2ccccc12)C(=O)NC(CO)C(=O)NC(Cc1cnc[nH]1)C(=O)NC(CCCNC(=N)N)C(=O)NC(Cc1c[nH]c2ccccc12)C(=O)NC(Cc1ccc(C(=O)c2ccccc2)cc1)C(=O)N1CCCC1C(=O)NNC(N)=O. The Balaban J connectivity index is 0.855. The Labute approximate surface area is 797 Å². The number of benzene rings is 6. The van der Waals surface area contributed by atoms with Crippen LogP contribution in [0.25, 0.3) is 32.6 Å². The molecule has 6 aromatic carbocycles. The molecule has 0 spiro atoms. The lowest BCUT2D eigenvalue weighted by molar-refractivity contribution is -0.142. The molecule has 9 aromatic rings. The van der Waals surface area contributed by atoms with Crippen LogP contribution in [0, 0.1) is 10.8 Å². The van der Waals surface area contributed by atoms with E-state index in [1.807, 2.05) is 41.8 Å². The van der Waals surface area contributed by atoms with Crippen LogP contribution in [-0.2, 0) is 94.4 Å². The number of hydrogen-bond acceptors (Lipinski definition) is 23. The van der Waals surface area contributed by atoms with Crippen molar-refractivity contribution in [2.75, 3.05) is 105 Å². The van der Waals surface area contributed by atoms with E-state index < -0.39 is 189 Å². The topological polar surface area (TPSA) is 684 Å². The number of nitrogens with two attached hydrogens (primary N) is 3. The fourth-order valence-corrected chi connectivity index (χ4v) is 16.7. The Morgan fingerprint density at radius 1 is 0.424 bits per heavy atom. The van der Waals surface area contributed by atoms with Gasteiger partial charge in [-0.1, -0.05) is 133 Å². The number of para-hydroxylation sites is 2. The summed E-state index contributed by atoms with van der Waals surface area (Å²) in [6, 6.07) is 26.3. The number of imidazole rings is 1. The fourth-order valence-electron chi connectivity index (χ4n) is 16.7. The molecule has 139 heavy (non-hydrogen) atoms. The number of nitrogens with zero attached hydrogens (tertiary/aromatic N) is 6. The molecule has 27 N–H and O–H groups in total. The van der Waals surface area contributed by atoms with E-state index in [9.17, 15) is 54.0 Å². The Kier molecular flexibility index (Phi) is 38.3. The number of aliphatic hydroxyl groups excluding tert-OH is 1. The molecular weight excluding hydrogens is 1800 g/mol. The minimum Gasteiger partial charge on any atom is -0.480 e. The molecule has 2 fully saturated rings. The van der Waals surface area contributed by atoms with Gasteiger partial charge in [-0.15, -0.1) is 0 Å². The Morgan fingerprint density at radius 2 is 0.842 bits per heavy atom. The number of hydrogen-bond donors (Lipinski definition) is 24. The van der Waals surface area contributed by atoms with Gasteiger partial charge < -0.3 is 111 Å². The third-order valence-electron chi connectivity index (χ3n) is 23.9. The predicted octanol–water partition coefficient (Wildman–Crippen LogP) is -2.17. The van der Waals surface area contributed by atoms with Crippen molar-refractivity contribution in [3.63, 3.8) is 0 Å². The number of guanidine groups is 2. The zero-order chi connectivity index (χ0) is 99.6. The average molecular weight is 1920 g/mol. The third-order valence-corrected chi connectivity index (χ3v) is 23.9. The summed E-state index contributed by atoms with van der Waals surface area (Å²) in [5.74, 6) is -14.0. The van der Waals surface area contributed by atoms with Crippen molar-refractivity contribution in [2.45, 2.75) is 125 Å². The number of hydrazine groups is 1. The molecule has 2 aliphatic rings. The first-order valence-corrected chi connectivity index (χ1v) is 45.4. The summed E-state index contributed by atoms with van der Waals surface area (Å²) >= 11 is 0. The van der Waals surface area contributed by atoms with Gasteiger partial charge in [0.05, 0.1) is 39.1 Å². The molecule has 738 valence electrons. The maximum atomic E-state index is 15.5. The van der Waals surface area contributed by atoms with Crippen LogP contribution in [-0.4, -0.2) is 325 Å². The number of carboxylic acids is 3. The lowest BCUT2D eigenvalue weighted by Gasteiger charge is -2.33. The molecule has 11 rings (SSSR count). The number of urea groups is 1. The van der Waals surface area contributed by atoms with Crippen LogP contribution in [0.4, 0.5) is 4.79 Å². The van der Waals surface area contributed by atoms with E-state index in [0.717, 1.165) is 10.8 Å². The summed E-state index contributed by atoms with van der Waals surface area (Å²) in [6.45, 7) is -2.26. The number of amides is 12. The summed E-state index contributed by atoms with van der Waals surface area (Å²) in [5.41, 5.74) is 25.1. The molecule has 0 radical (unpaired) electrons. The normalized spacial score (nSPS) is 15.7. The summed E-state index contributed by atoms with van der Waals surface area (Å²) in [6.07, 6.45) is 4.45. The number of likely N-dealkylation sites (tertiary alicyclic amines) is 1. The number of carboxylic acid groups (broad SMARTS) is 3. The largest absolute Gasteiger partial charge is 0.480 e. The van der Waals surface area contributed by atoms with E-state index in [2.05, 4.69) is 78.5 Å². The van der Waals surface area contributed by atoms with Crippen molar-refractivity contribution in [3.05, 3.63) is 210 Å². The van der Waals surface area contributed by atoms with Crippen molar-refractivity contribution < 1.29 is 92.3 Å². The van der Waals surface area contributed by atoms with Crippen LogP contribution in [0.2, 0.25) is 0 Å². The van der Waals surface area contributed by atoms with Gasteiger partial charge in [0.1, 0.15) is 54.4 Å². The number of ketones is 1. The molecule has 12 amide bonds. The maximum absolute atomic E-state index is 15.5. The van der Waals surface area contributed by atoms with Crippen LogP contribution >= 0.6 is 0 Å². The monoisotopic (exact) mass is 1910 g/mol. The highest BCUT2D eigenvalue weighted by molar-refractivity contribution is 6.09. The Bertz CT molecular complexity index is 5810. The second-order valence-corrected chi connectivity index (χ2v) is 34.0. The smallest absolute Gasteiger partial charge is 0.330 e. The number of carbonyl (C=O) groups is 15. The van der Waals surface area contributed by atoms with Gasteiger partial charge in [0.25, 0.3) is 5.91 Å². The van der Waals surface area contributed by atoms with E-state index in [4.69, 9.17) is 28.0 Å². The first-order valence-electron chi connectivity index (χ1n) is 45.4. The summed E-state index contributed by atoms with van der Waals surface area (Å²) in [4.78, 5) is 234. The number of primary amides is 1. The van der Waals surface area contributed by atoms with E-state index in [-0.39, 0.29) is 141 Å². The second-order valence-electron chi connectivity index (χ2n) is 34.0. The van der Waals surface area contributed by atoms with Crippen LogP contribution in [0.1, 0.15) is 82.4 Å². The molecular formula is C94H118N26O19. The standard InChI is InChI=1S/C94H118N26O19/c95-92(96)101-30-10-21-69(107-85(132)71(43-57-26-27-58-13-4-5-16-61(58)41-57)106-78(122)50-116-33-35-117(51-79(123)124)37-39-119(53-81(127)128)40-38-118(36-34-116)52-80(125)126)83(130)110-73(45-63-48-104-68-20-9-7-18-66(63)68)87(134)113-76(54-121)89(136)111-74(46-64-49-100-55-105-64)88(135)108-70(22-11-31-102-93(97)98)84(131)109-72(44-62-47-103-67-19-8-6-17-65(62)67)86(133)112-75(91(138)120-32-12-23-77(120)90(137)114-115-94(99)139)42-56-24-28-60(29-25-56)82(129)59-14-2-1-3-15-59/h1-9,13-20,24-29,41,47-49,55,69-77,103-104,121H,10-12,21-23,30-40,42-46,50-54H2,(H,100,105)(H,106,122)(H,107,132)(H,108,135)(H,109,131)(H,110,130)(H,111,136)(H,112,133)(H,113,134)(H,114,137)(H,123,124)(H,125,126)(H,127,128)(H4,95,96,101)(H4,97,98,102)(H3,99,115,139). The highest BCUT2D eigenvalue weighted by atomic mass is 16.4. The van der Waals surface area contributed by atoms with Gasteiger partial charge in [-0.25, -0.2) is 15.2 Å². The van der Waals surface area contributed by atoms with E-state index in [1.165, 1.54) is 17.4 Å². The number of fused-ring (bicyclic) bond motifs is 3. The van der Waals surface area contributed by atoms with Gasteiger partial charge in [0.15, 0.2) is 17.7 Å². The second kappa shape index (κ2) is 51.3. The number of H-pyrrole nitrogens is 3. The zero-order valence-corrected chi connectivity index (χ0v) is 76.3. The molecule has 0 aliphatic carbocycles. The molecule has 45 nitrogen and oxygen atoms in total. The number of rotatable bonds is 46. The van der Waals surface area contributed by atoms with Gasteiger partial charge in [0.2, 0.25) is 53.2 Å². The van der Waals surface area contributed by atoms with Gasteiger partial charge >= 0.3 is 23.9 Å². The minimum absolute atomic E-state index is 0.00636. The fraction of sp³-hybridized carbons (Fsp3) is 0.383. The summed E-state index contributed by atoms with van der Waals surface area (Å²) in [5, 5.41) is 86.7. The molecule has 3 aromatic heterocycles. The Hall–Kier alpha value is -15.7. The van der Waals surface area contributed by atoms with Crippen molar-refractivity contribution in [1.82, 2.24) is 108 Å². The lowest BCUT2D eigenvalue weighted by atomic mass is 9.98. The summed E-state index contributed by atoms with van der Waals surface area (Å²) < 4.78 is 0. The van der Waals surface area contributed by atoms with Crippen LogP contribution < -0.4 is 81.2 Å². The molecule has 9 unspecified atom stereocenters. The van der Waals surface area contributed by atoms with Gasteiger partial charge in [0, 0.05) is 161 Å². The Morgan fingerprint density at radius 3 is 1.32 bits per heavy atom. The van der Waals surface area contributed by atoms with Gasteiger partial charge in [-0.3, -0.25) is 103 Å². The van der Waals surface area contributed by atoms with E-state index in [0.29, 0.717) is 61.6 Å². The average Bonchev–Trinajstić information content (AvgIpc) is 1.75. The van der Waals surface area contributed by atoms with Crippen molar-refractivity contribution in [3.8, 4) is 0 Å². The number of carbonyl (C=O) groups excluding carboxylic acids is 12. The first-order chi connectivity index (χ1) is 66.8. The molecule has 2 aliphatic heterocycles. The predicted molar refractivity (Wildman–Crippen MR) is 509 cm³/mol. The number of nitrogens with one attached hydrogen (secondary N) is 17. The maximum Gasteiger partial charge on any atom is 0.330 e. The minimum atomic E-state index is -1.95. The van der Waals surface area contributed by atoms with Gasteiger partial charge in [-0.2, -0.15) is 0 Å². The molecule has 0 saturated carbocycles. The lowest BCUT2D eigenvalue weighted by Crippen LogP contribution is -2.62. The van der Waals surface area contributed by atoms with E-state index in [1.54, 1.807) is 141 Å². The third kappa shape index (κ3) is 31.7. The molecule has 45 heteroatoms. The van der Waals surface area contributed by atoms with Crippen LogP contribution in [0.15, 0.2) is 171 Å². The number of aromatic amines is 3. The molecule has 5 heterocycles. The summed E-state index contributed by atoms with van der Waals surface area (Å²) in [7, 11) is 0. The highest BCUT2D eigenvalue weighted by Gasteiger charge is 2.41. The molecule has 2 saturated heterocycles. The quantitative estimate of drug-likeness (QED) is 0.00635. The number of aliphatic hydroxyl groups is 1. The molecule has 9 atom stereocenters. The number of aromatic nitrogens is 4. The van der Waals surface area contributed by atoms with Gasteiger partial charge in [-0.05, 0) is 83.7 Å². The van der Waals surface area contributed by atoms with E-state index >= 15 is 38.4 Å². The van der Waals surface area contributed by atoms with Crippen molar-refractivity contribution >= 4 is 133 Å². The number of aliphatic carboxylic acids is 3.